The van der Waals surface area contributed by atoms with E-state index in [1.54, 1.807) is 43.0 Å². The van der Waals surface area contributed by atoms with Crippen LogP contribution in [-0.4, -0.2) is 45.5 Å². The first-order valence-electron chi connectivity index (χ1n) is 7.91. The fourth-order valence-electron chi connectivity index (χ4n) is 2.66. The smallest absolute Gasteiger partial charge is 0.308 e. The summed E-state index contributed by atoms with van der Waals surface area (Å²) in [5, 5.41) is 12.2. The summed E-state index contributed by atoms with van der Waals surface area (Å²) in [7, 11) is 0. The molecule has 1 aliphatic rings. The van der Waals surface area contributed by atoms with Crippen molar-refractivity contribution in [3.63, 3.8) is 0 Å². The number of thioether (sulfide) groups is 1. The first-order valence-corrected chi connectivity index (χ1v) is 9.06. The van der Waals surface area contributed by atoms with E-state index >= 15 is 0 Å². The van der Waals surface area contributed by atoms with Crippen LogP contribution in [0.2, 0.25) is 0 Å². The van der Waals surface area contributed by atoms with Crippen molar-refractivity contribution in [1.29, 1.82) is 0 Å². The highest BCUT2D eigenvalue weighted by atomic mass is 32.2. The van der Waals surface area contributed by atoms with Crippen molar-refractivity contribution < 1.29 is 19.5 Å². The maximum atomic E-state index is 12.7. The topological polar surface area (TPSA) is 86.7 Å². The fourth-order valence-corrected chi connectivity index (χ4v) is 3.84. The van der Waals surface area contributed by atoms with Crippen LogP contribution >= 0.6 is 11.8 Å². The van der Waals surface area contributed by atoms with Crippen LogP contribution < -0.4 is 5.32 Å². The molecule has 2 rings (SSSR count). The molecule has 0 radical (unpaired) electrons. The predicted octanol–water partition coefficient (Wildman–Crippen LogP) is 1.88. The van der Waals surface area contributed by atoms with E-state index in [-0.39, 0.29) is 11.8 Å². The molecule has 7 heteroatoms. The van der Waals surface area contributed by atoms with Crippen LogP contribution in [0, 0.1) is 5.92 Å². The highest BCUT2D eigenvalue weighted by Gasteiger charge is 2.36. The van der Waals surface area contributed by atoms with E-state index in [4.69, 9.17) is 0 Å². The molecule has 0 bridgehead atoms. The second-order valence-corrected chi connectivity index (χ2v) is 6.76. The van der Waals surface area contributed by atoms with E-state index in [1.807, 2.05) is 6.07 Å². The second kappa shape index (κ2) is 8.19. The van der Waals surface area contributed by atoms with Crippen LogP contribution in [0.3, 0.4) is 0 Å². The quantitative estimate of drug-likeness (QED) is 0.818. The van der Waals surface area contributed by atoms with Gasteiger partial charge in [-0.1, -0.05) is 37.3 Å². The Labute approximate surface area is 145 Å². The minimum Gasteiger partial charge on any atom is -0.481 e. The van der Waals surface area contributed by atoms with Gasteiger partial charge >= 0.3 is 5.97 Å². The van der Waals surface area contributed by atoms with E-state index in [9.17, 15) is 19.5 Å². The number of amides is 2. The minimum absolute atomic E-state index is 0.0669. The van der Waals surface area contributed by atoms with E-state index in [2.05, 4.69) is 5.32 Å². The van der Waals surface area contributed by atoms with E-state index in [1.165, 1.54) is 11.8 Å². The number of carbonyl (C=O) groups is 3. The summed E-state index contributed by atoms with van der Waals surface area (Å²) >= 11 is 1.53. The number of aliphatic carboxylic acids is 1. The van der Waals surface area contributed by atoms with Crippen molar-refractivity contribution in [3.8, 4) is 0 Å². The Bertz CT molecular complexity index is 608. The summed E-state index contributed by atoms with van der Waals surface area (Å²) in [6.45, 7) is 3.33. The molecule has 3 unspecified atom stereocenters. The van der Waals surface area contributed by atoms with E-state index in [0.29, 0.717) is 18.1 Å². The van der Waals surface area contributed by atoms with Crippen molar-refractivity contribution in [2.45, 2.75) is 32.4 Å². The third kappa shape index (κ3) is 4.08. The van der Waals surface area contributed by atoms with Crippen molar-refractivity contribution in [1.82, 2.24) is 10.2 Å². The summed E-state index contributed by atoms with van der Waals surface area (Å²) in [6, 6.07) is 7.85. The third-order valence-electron chi connectivity index (χ3n) is 4.15. The van der Waals surface area contributed by atoms with Gasteiger partial charge in [-0.25, -0.2) is 0 Å². The van der Waals surface area contributed by atoms with Crippen LogP contribution in [0.4, 0.5) is 0 Å². The molecule has 0 saturated carbocycles. The standard InChI is InChI=1S/C17H22N2O4S/c1-3-14(20)19-10-24-9-13(19)16(21)18-15(11(2)17(22)23)12-7-5-4-6-8-12/h4-8,11,13,15H,3,9-10H2,1-2H3,(H,18,21)(H,22,23). The van der Waals surface area contributed by atoms with Crippen LogP contribution in [0.1, 0.15) is 31.9 Å². The van der Waals surface area contributed by atoms with Gasteiger partial charge in [-0.2, -0.15) is 0 Å². The molecule has 1 fully saturated rings. The van der Waals surface area contributed by atoms with Gasteiger partial charge in [0.1, 0.15) is 6.04 Å². The molecule has 1 heterocycles. The maximum absolute atomic E-state index is 12.7. The zero-order valence-electron chi connectivity index (χ0n) is 13.8. The number of hydrogen-bond acceptors (Lipinski definition) is 4. The highest BCUT2D eigenvalue weighted by molar-refractivity contribution is 7.99. The molecule has 0 spiro atoms. The summed E-state index contributed by atoms with van der Waals surface area (Å²) in [6.07, 6.45) is 0.345. The number of benzene rings is 1. The molecule has 2 amide bonds. The number of nitrogens with zero attached hydrogens (tertiary/aromatic N) is 1. The first kappa shape index (κ1) is 18.3. The molecule has 24 heavy (non-hydrogen) atoms. The molecule has 1 aromatic rings. The lowest BCUT2D eigenvalue weighted by atomic mass is 9.94. The van der Waals surface area contributed by atoms with Crippen molar-refractivity contribution in [2.24, 2.45) is 5.92 Å². The molecule has 0 aliphatic carbocycles. The Hall–Kier alpha value is -2.02. The van der Waals surface area contributed by atoms with Gasteiger partial charge in [-0.05, 0) is 12.5 Å². The molecule has 1 aromatic carbocycles. The average molecular weight is 350 g/mol. The number of hydrogen-bond donors (Lipinski definition) is 2. The molecular formula is C17H22N2O4S. The van der Waals surface area contributed by atoms with Gasteiger partial charge in [0.25, 0.3) is 0 Å². The van der Waals surface area contributed by atoms with Gasteiger partial charge in [-0.15, -0.1) is 11.8 Å². The summed E-state index contributed by atoms with van der Waals surface area (Å²) in [5.41, 5.74) is 0.736. The van der Waals surface area contributed by atoms with Crippen LogP contribution in [0.25, 0.3) is 0 Å². The number of carbonyl (C=O) groups excluding carboxylic acids is 2. The van der Waals surface area contributed by atoms with Crippen molar-refractivity contribution >= 4 is 29.5 Å². The van der Waals surface area contributed by atoms with E-state index < -0.39 is 24.0 Å². The maximum Gasteiger partial charge on any atom is 0.308 e. The number of rotatable bonds is 6. The largest absolute Gasteiger partial charge is 0.481 e. The van der Waals surface area contributed by atoms with Crippen LogP contribution in [0.15, 0.2) is 30.3 Å². The van der Waals surface area contributed by atoms with Gasteiger partial charge in [0.2, 0.25) is 11.8 Å². The molecule has 130 valence electrons. The zero-order chi connectivity index (χ0) is 17.7. The normalized spacial score (nSPS) is 19.6. The molecule has 2 N–H and O–H groups in total. The Balaban J connectivity index is 2.18. The number of carboxylic acid groups (broad SMARTS) is 1. The zero-order valence-corrected chi connectivity index (χ0v) is 14.6. The number of carboxylic acids is 1. The van der Waals surface area contributed by atoms with Gasteiger partial charge in [0.15, 0.2) is 0 Å². The first-order chi connectivity index (χ1) is 11.5. The third-order valence-corrected chi connectivity index (χ3v) is 5.17. The summed E-state index contributed by atoms with van der Waals surface area (Å²) < 4.78 is 0. The van der Waals surface area contributed by atoms with Gasteiger partial charge < -0.3 is 15.3 Å². The average Bonchev–Trinajstić information content (AvgIpc) is 3.08. The minimum atomic E-state index is -0.980. The van der Waals surface area contributed by atoms with E-state index in [0.717, 1.165) is 5.56 Å². The van der Waals surface area contributed by atoms with Crippen LogP contribution in [0.5, 0.6) is 0 Å². The number of nitrogens with one attached hydrogen (secondary N) is 1. The Morgan fingerprint density at radius 1 is 1.33 bits per heavy atom. The predicted molar refractivity (Wildman–Crippen MR) is 92.4 cm³/mol. The Morgan fingerprint density at radius 3 is 2.58 bits per heavy atom. The van der Waals surface area contributed by atoms with Gasteiger partial charge in [-0.3, -0.25) is 14.4 Å². The molecular weight excluding hydrogens is 328 g/mol. The summed E-state index contributed by atoms with van der Waals surface area (Å²) in [4.78, 5) is 37.6. The SMILES string of the molecule is CCC(=O)N1CSCC1C(=O)NC(c1ccccc1)C(C)C(=O)O. The lowest BCUT2D eigenvalue weighted by Crippen LogP contribution is -2.49. The molecule has 0 aromatic heterocycles. The van der Waals surface area contributed by atoms with Gasteiger partial charge in [0.05, 0.1) is 17.8 Å². The second-order valence-electron chi connectivity index (χ2n) is 5.76. The molecule has 1 aliphatic heterocycles. The molecule has 6 nitrogen and oxygen atoms in total. The van der Waals surface area contributed by atoms with Crippen molar-refractivity contribution in [2.75, 3.05) is 11.6 Å². The lowest BCUT2D eigenvalue weighted by molar-refractivity contribution is -0.143. The fraction of sp³-hybridized carbons (Fsp3) is 0.471. The monoisotopic (exact) mass is 350 g/mol. The molecule has 1 saturated heterocycles. The summed E-state index contributed by atoms with van der Waals surface area (Å²) in [5.74, 6) is -1.10. The molecule has 3 atom stereocenters. The van der Waals surface area contributed by atoms with Crippen molar-refractivity contribution in [3.05, 3.63) is 35.9 Å². The van der Waals surface area contributed by atoms with Crippen LogP contribution in [-0.2, 0) is 14.4 Å². The Morgan fingerprint density at radius 2 is 2.00 bits per heavy atom. The Kier molecular flexibility index (Phi) is 6.25. The van der Waals surface area contributed by atoms with Gasteiger partial charge in [0, 0.05) is 12.2 Å². The highest BCUT2D eigenvalue weighted by Crippen LogP contribution is 2.26. The lowest BCUT2D eigenvalue weighted by Gasteiger charge is -2.27.